The molecule has 0 aliphatic carbocycles. The van der Waals surface area contributed by atoms with E-state index in [1.807, 2.05) is 4.90 Å². The minimum absolute atomic E-state index is 0.103. The van der Waals surface area contributed by atoms with Crippen molar-refractivity contribution in [2.24, 2.45) is 0 Å². The van der Waals surface area contributed by atoms with Gasteiger partial charge in [-0.15, -0.1) is 0 Å². The number of piperazine rings is 1. The van der Waals surface area contributed by atoms with Crippen LogP contribution in [0.5, 0.6) is 0 Å². The largest absolute Gasteiger partial charge is 0.468 e. The number of amides is 1. The molecule has 1 saturated heterocycles. The number of rotatable bonds is 6. The Bertz CT molecular complexity index is 715. The van der Waals surface area contributed by atoms with E-state index in [1.54, 1.807) is 0 Å². The van der Waals surface area contributed by atoms with Crippen molar-refractivity contribution in [1.82, 2.24) is 14.5 Å². The average molecular weight is 390 g/mol. The van der Waals surface area contributed by atoms with Gasteiger partial charge in [0, 0.05) is 31.2 Å². The van der Waals surface area contributed by atoms with Gasteiger partial charge in [-0.3, -0.25) is 14.5 Å². The fourth-order valence-corrected chi connectivity index (χ4v) is 3.93. The maximum atomic E-state index is 12.6. The van der Waals surface area contributed by atoms with Crippen LogP contribution in [0.25, 0.3) is 0 Å². The topological polar surface area (TPSA) is 96.0 Å². The molecule has 138 valence electrons. The first-order chi connectivity index (χ1) is 11.8. The number of esters is 1. The minimum Gasteiger partial charge on any atom is -0.468 e. The molecule has 0 unspecified atom stereocenters. The SMILES string of the molecule is COC(=O)CNC(=O)CN1CCN(S(=O)(=O)c2ccc(Cl)cc2)CC1. The fraction of sp³-hybridized carbons (Fsp3) is 0.467. The van der Waals surface area contributed by atoms with Crippen LogP contribution in [0.15, 0.2) is 29.2 Å². The molecule has 25 heavy (non-hydrogen) atoms. The molecule has 1 N–H and O–H groups in total. The van der Waals surface area contributed by atoms with Gasteiger partial charge in [0.25, 0.3) is 0 Å². The molecule has 1 aromatic carbocycles. The Hall–Kier alpha value is -1.68. The second kappa shape index (κ2) is 8.61. The van der Waals surface area contributed by atoms with Crippen LogP contribution in [0, 0.1) is 0 Å². The Morgan fingerprint density at radius 1 is 1.16 bits per heavy atom. The van der Waals surface area contributed by atoms with Crippen LogP contribution in [0.2, 0.25) is 5.02 Å². The van der Waals surface area contributed by atoms with Gasteiger partial charge in [0.1, 0.15) is 6.54 Å². The molecule has 1 fully saturated rings. The summed E-state index contributed by atoms with van der Waals surface area (Å²) in [6, 6.07) is 6.03. The van der Waals surface area contributed by atoms with E-state index in [0.717, 1.165) is 0 Å². The standard InChI is InChI=1S/C15H20ClN3O5S/c1-24-15(21)10-17-14(20)11-18-6-8-19(9-7-18)25(22,23)13-4-2-12(16)3-5-13/h2-5H,6-11H2,1H3,(H,17,20). The van der Waals surface area contributed by atoms with Crippen LogP contribution in [0.1, 0.15) is 0 Å². The highest BCUT2D eigenvalue weighted by Gasteiger charge is 2.29. The van der Waals surface area contributed by atoms with Gasteiger partial charge >= 0.3 is 5.97 Å². The molecule has 1 aliphatic rings. The zero-order chi connectivity index (χ0) is 18.4. The molecule has 10 heteroatoms. The second-order valence-electron chi connectivity index (χ2n) is 5.49. The molecule has 1 aromatic rings. The molecular formula is C15H20ClN3O5S. The summed E-state index contributed by atoms with van der Waals surface area (Å²) in [5, 5.41) is 2.93. The van der Waals surface area contributed by atoms with Crippen LogP contribution < -0.4 is 5.32 Å². The first kappa shape index (κ1) is 19.6. The van der Waals surface area contributed by atoms with Gasteiger partial charge in [-0.25, -0.2) is 8.42 Å². The van der Waals surface area contributed by atoms with E-state index in [4.69, 9.17) is 11.6 Å². The maximum Gasteiger partial charge on any atom is 0.325 e. The van der Waals surface area contributed by atoms with Crippen molar-refractivity contribution < 1.29 is 22.7 Å². The molecule has 0 aromatic heterocycles. The second-order valence-corrected chi connectivity index (χ2v) is 7.86. The van der Waals surface area contributed by atoms with Crippen molar-refractivity contribution in [3.63, 3.8) is 0 Å². The van der Waals surface area contributed by atoms with Crippen molar-refractivity contribution in [3.8, 4) is 0 Å². The smallest absolute Gasteiger partial charge is 0.325 e. The quantitative estimate of drug-likeness (QED) is 0.684. The number of hydrogen-bond donors (Lipinski definition) is 1. The van der Waals surface area contributed by atoms with Crippen LogP contribution in [-0.2, 0) is 24.3 Å². The Balaban J connectivity index is 1.85. The normalized spacial score (nSPS) is 16.4. The zero-order valence-corrected chi connectivity index (χ0v) is 15.3. The lowest BCUT2D eigenvalue weighted by Gasteiger charge is -2.33. The molecule has 0 saturated carbocycles. The lowest BCUT2D eigenvalue weighted by molar-refractivity contribution is -0.141. The van der Waals surface area contributed by atoms with Gasteiger partial charge < -0.3 is 10.1 Å². The number of carbonyl (C=O) groups excluding carboxylic acids is 2. The predicted molar refractivity (Wildman–Crippen MR) is 91.7 cm³/mol. The van der Waals surface area contributed by atoms with E-state index >= 15 is 0 Å². The first-order valence-electron chi connectivity index (χ1n) is 7.64. The molecule has 0 atom stereocenters. The van der Waals surface area contributed by atoms with Crippen LogP contribution >= 0.6 is 11.6 Å². The summed E-state index contributed by atoms with van der Waals surface area (Å²) in [5.74, 6) is -0.827. The number of methoxy groups -OCH3 is 1. The van der Waals surface area contributed by atoms with E-state index in [1.165, 1.54) is 35.7 Å². The van der Waals surface area contributed by atoms with Crippen molar-refractivity contribution in [2.75, 3.05) is 46.4 Å². The fourth-order valence-electron chi connectivity index (χ4n) is 2.39. The lowest BCUT2D eigenvalue weighted by atomic mass is 10.3. The first-order valence-corrected chi connectivity index (χ1v) is 9.46. The van der Waals surface area contributed by atoms with Crippen LogP contribution in [-0.4, -0.2) is 75.9 Å². The van der Waals surface area contributed by atoms with Crippen molar-refractivity contribution in [2.45, 2.75) is 4.90 Å². The van der Waals surface area contributed by atoms with E-state index < -0.39 is 16.0 Å². The van der Waals surface area contributed by atoms with Crippen molar-refractivity contribution in [3.05, 3.63) is 29.3 Å². The third kappa shape index (κ3) is 5.40. The Morgan fingerprint density at radius 3 is 2.32 bits per heavy atom. The third-order valence-corrected chi connectivity index (χ3v) is 5.97. The van der Waals surface area contributed by atoms with E-state index in [9.17, 15) is 18.0 Å². The summed E-state index contributed by atoms with van der Waals surface area (Å²) in [6.45, 7) is 1.35. The number of sulfonamides is 1. The highest BCUT2D eigenvalue weighted by atomic mass is 35.5. The molecule has 0 radical (unpaired) electrons. The Labute approximate surface area is 151 Å². The highest BCUT2D eigenvalue weighted by molar-refractivity contribution is 7.89. The number of benzene rings is 1. The van der Waals surface area contributed by atoms with E-state index in [2.05, 4.69) is 10.1 Å². The minimum atomic E-state index is -3.57. The van der Waals surface area contributed by atoms with Gasteiger partial charge in [0.05, 0.1) is 18.6 Å². The van der Waals surface area contributed by atoms with E-state index in [0.29, 0.717) is 18.1 Å². The Morgan fingerprint density at radius 2 is 1.76 bits per heavy atom. The van der Waals surface area contributed by atoms with Crippen LogP contribution in [0.4, 0.5) is 0 Å². The van der Waals surface area contributed by atoms with Crippen molar-refractivity contribution in [1.29, 1.82) is 0 Å². The summed E-state index contributed by atoms with van der Waals surface area (Å²) < 4.78 is 31.0. The molecule has 1 heterocycles. The number of halogens is 1. The van der Waals surface area contributed by atoms with Gasteiger partial charge in [-0.2, -0.15) is 4.31 Å². The molecule has 0 bridgehead atoms. The van der Waals surface area contributed by atoms with Crippen LogP contribution in [0.3, 0.4) is 0 Å². The van der Waals surface area contributed by atoms with Gasteiger partial charge in [-0.05, 0) is 24.3 Å². The summed E-state index contributed by atoms with van der Waals surface area (Å²) >= 11 is 5.79. The zero-order valence-electron chi connectivity index (χ0n) is 13.8. The Kier molecular flexibility index (Phi) is 6.77. The molecule has 8 nitrogen and oxygen atoms in total. The van der Waals surface area contributed by atoms with Gasteiger partial charge in [-0.1, -0.05) is 11.6 Å². The molecule has 0 spiro atoms. The summed E-state index contributed by atoms with van der Waals surface area (Å²) in [5.41, 5.74) is 0. The summed E-state index contributed by atoms with van der Waals surface area (Å²) in [4.78, 5) is 24.8. The number of hydrogen-bond acceptors (Lipinski definition) is 6. The monoisotopic (exact) mass is 389 g/mol. The highest BCUT2D eigenvalue weighted by Crippen LogP contribution is 2.19. The molecule has 2 rings (SSSR count). The number of nitrogens with zero attached hydrogens (tertiary/aromatic N) is 2. The lowest BCUT2D eigenvalue weighted by Crippen LogP contribution is -2.51. The number of ether oxygens (including phenoxy) is 1. The maximum absolute atomic E-state index is 12.6. The number of nitrogens with one attached hydrogen (secondary N) is 1. The summed E-state index contributed by atoms with van der Waals surface area (Å²) in [7, 11) is -2.32. The molecular weight excluding hydrogens is 370 g/mol. The van der Waals surface area contributed by atoms with E-state index in [-0.39, 0.29) is 37.0 Å². The predicted octanol–water partition coefficient (Wildman–Crippen LogP) is -0.0645. The average Bonchev–Trinajstić information content (AvgIpc) is 2.60. The molecule has 1 amide bonds. The van der Waals surface area contributed by atoms with Gasteiger partial charge in [0.15, 0.2) is 0 Å². The van der Waals surface area contributed by atoms with Crippen molar-refractivity contribution >= 4 is 33.5 Å². The third-order valence-electron chi connectivity index (χ3n) is 3.81. The number of carbonyl (C=O) groups is 2. The van der Waals surface area contributed by atoms with Gasteiger partial charge in [0.2, 0.25) is 15.9 Å². The summed E-state index contributed by atoms with van der Waals surface area (Å²) in [6.07, 6.45) is 0. The molecule has 1 aliphatic heterocycles.